The van der Waals surface area contributed by atoms with Crippen LogP contribution in [0.5, 0.6) is 0 Å². The van der Waals surface area contributed by atoms with E-state index in [1.54, 1.807) is 31.4 Å². The molecule has 2 heterocycles. The SMILES string of the molecule is Cc1nc(-c2ccco2)ccc1C(=O)NCC(O)Cc1ccccc1. The van der Waals surface area contributed by atoms with E-state index in [1.165, 1.54) is 0 Å². The second-order valence-electron chi connectivity index (χ2n) is 5.86. The van der Waals surface area contributed by atoms with Gasteiger partial charge in [0.05, 0.1) is 23.6 Å². The molecular formula is C20H20N2O3. The molecule has 1 aromatic carbocycles. The molecule has 0 radical (unpaired) electrons. The molecule has 1 atom stereocenters. The first kappa shape index (κ1) is 16.9. The standard InChI is InChI=1S/C20H20N2O3/c1-14-17(9-10-18(22-14)19-8-5-11-25-19)20(24)21-13-16(23)12-15-6-3-2-4-7-15/h2-11,16,23H,12-13H2,1H3,(H,21,24). The highest BCUT2D eigenvalue weighted by molar-refractivity contribution is 5.95. The van der Waals surface area contributed by atoms with Gasteiger partial charge in [0.2, 0.25) is 0 Å². The van der Waals surface area contributed by atoms with E-state index < -0.39 is 6.10 Å². The lowest BCUT2D eigenvalue weighted by atomic mass is 10.1. The summed E-state index contributed by atoms with van der Waals surface area (Å²) in [5.41, 5.74) is 2.82. The van der Waals surface area contributed by atoms with Gasteiger partial charge in [-0.2, -0.15) is 0 Å². The van der Waals surface area contributed by atoms with Crippen LogP contribution in [0.4, 0.5) is 0 Å². The van der Waals surface area contributed by atoms with E-state index in [0.717, 1.165) is 5.56 Å². The van der Waals surface area contributed by atoms with Gasteiger partial charge in [-0.1, -0.05) is 30.3 Å². The maximum absolute atomic E-state index is 12.3. The Balaban J connectivity index is 1.59. The van der Waals surface area contributed by atoms with Gasteiger partial charge in [-0.05, 0) is 36.8 Å². The molecule has 1 unspecified atom stereocenters. The molecule has 0 aliphatic rings. The van der Waals surface area contributed by atoms with E-state index in [-0.39, 0.29) is 12.5 Å². The van der Waals surface area contributed by atoms with Crippen molar-refractivity contribution in [1.82, 2.24) is 10.3 Å². The Morgan fingerprint density at radius 1 is 1.16 bits per heavy atom. The summed E-state index contributed by atoms with van der Waals surface area (Å²) in [7, 11) is 0. The van der Waals surface area contributed by atoms with Crippen LogP contribution in [0.15, 0.2) is 65.3 Å². The predicted molar refractivity (Wildman–Crippen MR) is 95.2 cm³/mol. The highest BCUT2D eigenvalue weighted by Gasteiger charge is 2.14. The van der Waals surface area contributed by atoms with Gasteiger partial charge in [0.15, 0.2) is 5.76 Å². The van der Waals surface area contributed by atoms with E-state index >= 15 is 0 Å². The first-order valence-corrected chi connectivity index (χ1v) is 8.15. The van der Waals surface area contributed by atoms with Crippen molar-refractivity contribution in [3.8, 4) is 11.5 Å². The molecule has 0 fully saturated rings. The number of carbonyl (C=O) groups is 1. The number of hydrogen-bond donors (Lipinski definition) is 2. The van der Waals surface area contributed by atoms with E-state index in [9.17, 15) is 9.90 Å². The molecule has 2 aromatic heterocycles. The minimum Gasteiger partial charge on any atom is -0.463 e. The predicted octanol–water partition coefficient (Wildman–Crippen LogP) is 2.98. The van der Waals surface area contributed by atoms with Gasteiger partial charge >= 0.3 is 0 Å². The van der Waals surface area contributed by atoms with Crippen molar-refractivity contribution in [2.75, 3.05) is 6.54 Å². The van der Waals surface area contributed by atoms with Crippen molar-refractivity contribution in [3.05, 3.63) is 77.7 Å². The van der Waals surface area contributed by atoms with Gasteiger partial charge in [0.25, 0.3) is 5.91 Å². The Morgan fingerprint density at radius 3 is 2.64 bits per heavy atom. The fraction of sp³-hybridized carbons (Fsp3) is 0.200. The van der Waals surface area contributed by atoms with Gasteiger partial charge < -0.3 is 14.8 Å². The Hall–Kier alpha value is -2.92. The molecule has 3 rings (SSSR count). The molecular weight excluding hydrogens is 316 g/mol. The molecule has 0 spiro atoms. The van der Waals surface area contributed by atoms with E-state index in [2.05, 4.69) is 10.3 Å². The summed E-state index contributed by atoms with van der Waals surface area (Å²) in [6, 6.07) is 16.8. The molecule has 0 bridgehead atoms. The third-order valence-electron chi connectivity index (χ3n) is 3.92. The van der Waals surface area contributed by atoms with Crippen molar-refractivity contribution in [2.45, 2.75) is 19.4 Å². The summed E-state index contributed by atoms with van der Waals surface area (Å²) in [4.78, 5) is 16.7. The quantitative estimate of drug-likeness (QED) is 0.726. The van der Waals surface area contributed by atoms with Gasteiger partial charge in [0, 0.05) is 13.0 Å². The van der Waals surface area contributed by atoms with Crippen LogP contribution in [0.3, 0.4) is 0 Å². The normalized spacial score (nSPS) is 11.9. The number of pyridine rings is 1. The zero-order valence-electron chi connectivity index (χ0n) is 14.0. The van der Waals surface area contributed by atoms with Crippen LogP contribution in [-0.4, -0.2) is 28.6 Å². The molecule has 25 heavy (non-hydrogen) atoms. The minimum atomic E-state index is -0.637. The Bertz CT molecular complexity index is 829. The Kier molecular flexibility index (Phi) is 5.26. The van der Waals surface area contributed by atoms with Crippen LogP contribution in [0.25, 0.3) is 11.5 Å². The molecule has 0 saturated carbocycles. The molecule has 0 aliphatic heterocycles. The molecule has 0 aliphatic carbocycles. The lowest BCUT2D eigenvalue weighted by Gasteiger charge is -2.13. The molecule has 128 valence electrons. The Labute approximate surface area is 146 Å². The lowest BCUT2D eigenvalue weighted by Crippen LogP contribution is -2.33. The summed E-state index contributed by atoms with van der Waals surface area (Å²) in [6.45, 7) is 1.97. The highest BCUT2D eigenvalue weighted by Crippen LogP contribution is 2.19. The van der Waals surface area contributed by atoms with E-state index in [0.29, 0.717) is 29.1 Å². The van der Waals surface area contributed by atoms with Crippen LogP contribution in [0, 0.1) is 6.92 Å². The average Bonchev–Trinajstić information content (AvgIpc) is 3.15. The molecule has 5 heteroatoms. The van der Waals surface area contributed by atoms with E-state index in [1.807, 2.05) is 36.4 Å². The Morgan fingerprint density at radius 2 is 1.96 bits per heavy atom. The number of amides is 1. The van der Waals surface area contributed by atoms with E-state index in [4.69, 9.17) is 4.42 Å². The van der Waals surface area contributed by atoms with Gasteiger partial charge in [-0.25, -0.2) is 4.98 Å². The first-order chi connectivity index (χ1) is 12.1. The van der Waals surface area contributed by atoms with Crippen LogP contribution in [-0.2, 0) is 6.42 Å². The van der Waals surface area contributed by atoms with Crippen LogP contribution in [0.1, 0.15) is 21.6 Å². The molecule has 2 N–H and O–H groups in total. The molecule has 5 nitrogen and oxygen atoms in total. The van der Waals surface area contributed by atoms with Crippen molar-refractivity contribution < 1.29 is 14.3 Å². The third-order valence-corrected chi connectivity index (χ3v) is 3.92. The number of aromatic nitrogens is 1. The first-order valence-electron chi connectivity index (χ1n) is 8.15. The second kappa shape index (κ2) is 7.77. The summed E-state index contributed by atoms with van der Waals surface area (Å²) in [5, 5.41) is 12.9. The van der Waals surface area contributed by atoms with Crippen molar-refractivity contribution in [1.29, 1.82) is 0 Å². The number of nitrogens with one attached hydrogen (secondary N) is 1. The number of furan rings is 1. The summed E-state index contributed by atoms with van der Waals surface area (Å²) >= 11 is 0. The number of benzene rings is 1. The fourth-order valence-corrected chi connectivity index (χ4v) is 2.63. The third kappa shape index (κ3) is 4.33. The van der Waals surface area contributed by atoms with Crippen LogP contribution in [0.2, 0.25) is 0 Å². The molecule has 1 amide bonds. The molecule has 0 saturated heterocycles. The van der Waals surface area contributed by atoms with Crippen molar-refractivity contribution in [2.24, 2.45) is 0 Å². The number of hydrogen-bond acceptors (Lipinski definition) is 4. The van der Waals surface area contributed by atoms with Gasteiger partial charge in [-0.15, -0.1) is 0 Å². The number of rotatable bonds is 6. The summed E-state index contributed by atoms with van der Waals surface area (Å²) in [5.74, 6) is 0.413. The zero-order valence-corrected chi connectivity index (χ0v) is 14.0. The largest absolute Gasteiger partial charge is 0.463 e. The monoisotopic (exact) mass is 336 g/mol. The second-order valence-corrected chi connectivity index (χ2v) is 5.86. The maximum Gasteiger partial charge on any atom is 0.253 e. The summed E-state index contributed by atoms with van der Waals surface area (Å²) < 4.78 is 5.31. The number of aliphatic hydroxyl groups excluding tert-OH is 1. The average molecular weight is 336 g/mol. The molecule has 3 aromatic rings. The topological polar surface area (TPSA) is 75.4 Å². The van der Waals surface area contributed by atoms with Crippen molar-refractivity contribution in [3.63, 3.8) is 0 Å². The number of aliphatic hydroxyl groups is 1. The van der Waals surface area contributed by atoms with Gasteiger partial charge in [-0.3, -0.25) is 4.79 Å². The minimum absolute atomic E-state index is 0.188. The summed E-state index contributed by atoms with van der Waals surface area (Å²) in [6.07, 6.45) is 1.44. The fourth-order valence-electron chi connectivity index (χ4n) is 2.63. The number of nitrogens with zero attached hydrogens (tertiary/aromatic N) is 1. The smallest absolute Gasteiger partial charge is 0.253 e. The van der Waals surface area contributed by atoms with Crippen molar-refractivity contribution >= 4 is 5.91 Å². The van der Waals surface area contributed by atoms with Crippen LogP contribution >= 0.6 is 0 Å². The lowest BCUT2D eigenvalue weighted by molar-refractivity contribution is 0.0915. The number of aryl methyl sites for hydroxylation is 1. The maximum atomic E-state index is 12.3. The van der Waals surface area contributed by atoms with Crippen LogP contribution < -0.4 is 5.32 Å². The van der Waals surface area contributed by atoms with Gasteiger partial charge in [0.1, 0.15) is 5.69 Å². The zero-order chi connectivity index (χ0) is 17.6. The number of carbonyl (C=O) groups excluding carboxylic acids is 1. The highest BCUT2D eigenvalue weighted by atomic mass is 16.3.